The number of halogens is 1. The molecular weight excluding hydrogens is 442 g/mol. The number of morpholine rings is 1. The second-order valence-electron chi connectivity index (χ2n) is 7.53. The lowest BCUT2D eigenvalue weighted by Gasteiger charge is -2.32. The largest absolute Gasteiger partial charge is 0.490 e. The van der Waals surface area contributed by atoms with Crippen LogP contribution < -0.4 is 4.74 Å². The number of carbonyl (C=O) groups excluding carboxylic acids is 2. The standard InChI is InChI=1S/C26H22ClNO5/c1-18(29)23-15-20(27)8-11-24(23)32-17-22-16-28(13-14-31-22)26(30)25-12-10-21(33-25)9-7-19-5-3-2-4-6-19/h2-6,8,10-12,15,22H,13-14,16-17H2,1H3. The van der Waals surface area contributed by atoms with Crippen LogP contribution in [0.4, 0.5) is 0 Å². The zero-order valence-electron chi connectivity index (χ0n) is 18.0. The van der Waals surface area contributed by atoms with Crippen molar-refractivity contribution in [3.8, 4) is 17.6 Å². The molecule has 1 amide bonds. The quantitative estimate of drug-likeness (QED) is 0.413. The van der Waals surface area contributed by atoms with Gasteiger partial charge in [0.1, 0.15) is 18.5 Å². The molecule has 0 saturated carbocycles. The lowest BCUT2D eigenvalue weighted by atomic mass is 10.1. The van der Waals surface area contributed by atoms with E-state index in [0.717, 1.165) is 5.56 Å². The van der Waals surface area contributed by atoms with Crippen LogP contribution in [0, 0.1) is 11.8 Å². The fourth-order valence-electron chi connectivity index (χ4n) is 3.42. The number of amides is 1. The first kappa shape index (κ1) is 22.7. The van der Waals surface area contributed by atoms with Gasteiger partial charge in [-0.2, -0.15) is 0 Å². The molecule has 1 aromatic heterocycles. The van der Waals surface area contributed by atoms with Gasteiger partial charge in [0.25, 0.3) is 5.91 Å². The normalized spacial score (nSPS) is 15.5. The van der Waals surface area contributed by atoms with Gasteiger partial charge < -0.3 is 18.8 Å². The molecule has 0 bridgehead atoms. The molecular formula is C26H22ClNO5. The highest BCUT2D eigenvalue weighted by atomic mass is 35.5. The van der Waals surface area contributed by atoms with Crippen LogP contribution in [0.3, 0.4) is 0 Å². The van der Waals surface area contributed by atoms with Gasteiger partial charge in [-0.1, -0.05) is 35.7 Å². The predicted molar refractivity (Wildman–Crippen MR) is 124 cm³/mol. The van der Waals surface area contributed by atoms with E-state index in [1.165, 1.54) is 6.92 Å². The summed E-state index contributed by atoms with van der Waals surface area (Å²) >= 11 is 5.98. The average molecular weight is 464 g/mol. The van der Waals surface area contributed by atoms with Crippen LogP contribution in [-0.2, 0) is 4.74 Å². The fraction of sp³-hybridized carbons (Fsp3) is 0.231. The fourth-order valence-corrected chi connectivity index (χ4v) is 3.59. The SMILES string of the molecule is CC(=O)c1cc(Cl)ccc1OCC1CN(C(=O)c2ccc(C#Cc3ccccc3)o2)CCO1. The van der Waals surface area contributed by atoms with Gasteiger partial charge in [-0.15, -0.1) is 0 Å². The van der Waals surface area contributed by atoms with Crippen molar-refractivity contribution < 1.29 is 23.5 Å². The first-order chi connectivity index (χ1) is 16.0. The lowest BCUT2D eigenvalue weighted by molar-refractivity contribution is -0.0408. The molecule has 168 valence electrons. The number of furan rings is 1. The van der Waals surface area contributed by atoms with E-state index in [9.17, 15) is 9.59 Å². The van der Waals surface area contributed by atoms with Gasteiger partial charge in [0.2, 0.25) is 0 Å². The molecule has 2 aromatic carbocycles. The van der Waals surface area contributed by atoms with Crippen molar-refractivity contribution >= 4 is 23.3 Å². The Morgan fingerprint density at radius 3 is 2.73 bits per heavy atom. The van der Waals surface area contributed by atoms with Crippen molar-refractivity contribution in [3.05, 3.63) is 88.3 Å². The molecule has 1 aliphatic heterocycles. The second-order valence-corrected chi connectivity index (χ2v) is 7.97. The number of ketones is 1. The Morgan fingerprint density at radius 2 is 1.94 bits per heavy atom. The average Bonchev–Trinajstić information content (AvgIpc) is 3.31. The smallest absolute Gasteiger partial charge is 0.289 e. The predicted octanol–water partition coefficient (Wildman–Crippen LogP) is 4.46. The maximum absolute atomic E-state index is 12.9. The van der Waals surface area contributed by atoms with Crippen LogP contribution in [0.15, 0.2) is 65.1 Å². The number of benzene rings is 2. The molecule has 1 aliphatic rings. The summed E-state index contributed by atoms with van der Waals surface area (Å²) in [5.74, 6) is 6.67. The monoisotopic (exact) mass is 463 g/mol. The Hall–Kier alpha value is -3.53. The summed E-state index contributed by atoms with van der Waals surface area (Å²) in [7, 11) is 0. The zero-order chi connectivity index (χ0) is 23.2. The number of Topliss-reactive ketones (excluding diaryl/α,β-unsaturated/α-hetero) is 1. The summed E-state index contributed by atoms with van der Waals surface area (Å²) < 4.78 is 17.2. The summed E-state index contributed by atoms with van der Waals surface area (Å²) in [5, 5.41) is 0.463. The number of carbonyl (C=O) groups is 2. The van der Waals surface area contributed by atoms with E-state index < -0.39 is 0 Å². The molecule has 0 spiro atoms. The number of nitrogens with zero attached hydrogens (tertiary/aromatic N) is 1. The molecule has 1 fully saturated rings. The Balaban J connectivity index is 1.37. The molecule has 3 aromatic rings. The van der Waals surface area contributed by atoms with Crippen LogP contribution >= 0.6 is 11.6 Å². The van der Waals surface area contributed by atoms with E-state index in [0.29, 0.717) is 41.8 Å². The minimum atomic E-state index is -0.342. The van der Waals surface area contributed by atoms with Crippen LogP contribution in [0.5, 0.6) is 5.75 Å². The van der Waals surface area contributed by atoms with Gasteiger partial charge in [-0.25, -0.2) is 0 Å². The van der Waals surface area contributed by atoms with Crippen molar-refractivity contribution in [1.29, 1.82) is 0 Å². The molecule has 0 aliphatic carbocycles. The third-order valence-electron chi connectivity index (χ3n) is 5.09. The first-order valence-electron chi connectivity index (χ1n) is 10.5. The van der Waals surface area contributed by atoms with Gasteiger partial charge in [0.15, 0.2) is 17.3 Å². The minimum absolute atomic E-state index is 0.141. The molecule has 2 heterocycles. The van der Waals surface area contributed by atoms with E-state index in [2.05, 4.69) is 11.8 Å². The second kappa shape index (κ2) is 10.4. The number of rotatable bonds is 5. The summed E-state index contributed by atoms with van der Waals surface area (Å²) in [5.41, 5.74) is 1.28. The van der Waals surface area contributed by atoms with E-state index in [4.69, 9.17) is 25.5 Å². The summed E-state index contributed by atoms with van der Waals surface area (Å²) in [4.78, 5) is 26.4. The molecule has 1 saturated heterocycles. The molecule has 1 atom stereocenters. The topological polar surface area (TPSA) is 69.0 Å². The van der Waals surface area contributed by atoms with Crippen molar-refractivity contribution in [1.82, 2.24) is 4.90 Å². The van der Waals surface area contributed by atoms with Crippen molar-refractivity contribution in [2.24, 2.45) is 0 Å². The highest BCUT2D eigenvalue weighted by molar-refractivity contribution is 6.31. The Labute approximate surface area is 197 Å². The molecule has 0 N–H and O–H groups in total. The molecule has 4 rings (SSSR count). The highest BCUT2D eigenvalue weighted by Gasteiger charge is 2.27. The Kier molecular flexibility index (Phi) is 7.13. The Bertz CT molecular complexity index is 1210. The van der Waals surface area contributed by atoms with E-state index >= 15 is 0 Å². The zero-order valence-corrected chi connectivity index (χ0v) is 18.8. The van der Waals surface area contributed by atoms with Gasteiger partial charge >= 0.3 is 0 Å². The third-order valence-corrected chi connectivity index (χ3v) is 5.33. The van der Waals surface area contributed by atoms with Crippen LogP contribution in [0.1, 0.15) is 39.2 Å². The van der Waals surface area contributed by atoms with E-state index in [-0.39, 0.29) is 30.2 Å². The van der Waals surface area contributed by atoms with E-state index in [1.54, 1.807) is 35.2 Å². The number of hydrogen-bond donors (Lipinski definition) is 0. The Morgan fingerprint density at radius 1 is 1.12 bits per heavy atom. The number of hydrogen-bond acceptors (Lipinski definition) is 5. The number of ether oxygens (including phenoxy) is 2. The molecule has 1 unspecified atom stereocenters. The van der Waals surface area contributed by atoms with Crippen LogP contribution in [-0.4, -0.2) is 49.0 Å². The molecule has 6 nitrogen and oxygen atoms in total. The summed E-state index contributed by atoms with van der Waals surface area (Å²) in [6, 6.07) is 17.8. The highest BCUT2D eigenvalue weighted by Crippen LogP contribution is 2.24. The maximum Gasteiger partial charge on any atom is 0.289 e. The lowest BCUT2D eigenvalue weighted by Crippen LogP contribution is -2.47. The third kappa shape index (κ3) is 5.83. The van der Waals surface area contributed by atoms with Gasteiger partial charge in [-0.05, 0) is 55.3 Å². The van der Waals surface area contributed by atoms with Crippen LogP contribution in [0.2, 0.25) is 5.02 Å². The van der Waals surface area contributed by atoms with Crippen molar-refractivity contribution in [2.75, 3.05) is 26.3 Å². The first-order valence-corrected chi connectivity index (χ1v) is 10.9. The molecule has 7 heteroatoms. The van der Waals surface area contributed by atoms with Crippen LogP contribution in [0.25, 0.3) is 0 Å². The van der Waals surface area contributed by atoms with Gasteiger partial charge in [0.05, 0.1) is 18.7 Å². The maximum atomic E-state index is 12.9. The summed E-state index contributed by atoms with van der Waals surface area (Å²) in [6.07, 6.45) is -0.342. The van der Waals surface area contributed by atoms with Gasteiger partial charge in [0, 0.05) is 17.1 Å². The van der Waals surface area contributed by atoms with Crippen molar-refractivity contribution in [2.45, 2.75) is 13.0 Å². The molecule has 33 heavy (non-hydrogen) atoms. The minimum Gasteiger partial charge on any atom is -0.490 e. The summed E-state index contributed by atoms with van der Waals surface area (Å²) in [6.45, 7) is 2.81. The molecule has 0 radical (unpaired) electrons. The van der Waals surface area contributed by atoms with Crippen molar-refractivity contribution in [3.63, 3.8) is 0 Å². The van der Waals surface area contributed by atoms with E-state index in [1.807, 2.05) is 30.3 Å². The van der Waals surface area contributed by atoms with Gasteiger partial charge in [-0.3, -0.25) is 9.59 Å².